The molecule has 3 aromatic rings. The number of carbonyl (C=O) groups excluding carboxylic acids is 2. The summed E-state index contributed by atoms with van der Waals surface area (Å²) in [6.45, 7) is 6.53. The molecule has 2 N–H and O–H groups in total. The van der Waals surface area contributed by atoms with Crippen LogP contribution in [0.25, 0.3) is 5.76 Å². The number of likely N-dealkylation sites (tertiary alicyclic amines) is 1. The van der Waals surface area contributed by atoms with E-state index in [9.17, 15) is 19.8 Å². The van der Waals surface area contributed by atoms with Gasteiger partial charge in [0.05, 0.1) is 30.5 Å². The van der Waals surface area contributed by atoms with Crippen LogP contribution in [0.5, 0.6) is 11.5 Å². The Balaban J connectivity index is 1.86. The molecule has 1 unspecified atom stereocenters. The van der Waals surface area contributed by atoms with Crippen molar-refractivity contribution >= 4 is 17.4 Å². The van der Waals surface area contributed by atoms with E-state index >= 15 is 0 Å². The Bertz CT molecular complexity index is 1270. The van der Waals surface area contributed by atoms with Gasteiger partial charge in [-0.05, 0) is 66.4 Å². The predicted molar refractivity (Wildman–Crippen MR) is 132 cm³/mol. The van der Waals surface area contributed by atoms with Gasteiger partial charge in [0.2, 0.25) is 0 Å². The number of rotatable bonds is 7. The lowest BCUT2D eigenvalue weighted by atomic mass is 9.93. The molecule has 0 spiro atoms. The van der Waals surface area contributed by atoms with Crippen molar-refractivity contribution in [2.75, 3.05) is 6.61 Å². The van der Waals surface area contributed by atoms with Crippen molar-refractivity contribution in [3.63, 3.8) is 0 Å². The molecule has 1 aliphatic rings. The van der Waals surface area contributed by atoms with Crippen LogP contribution in [0.2, 0.25) is 0 Å². The first-order valence-corrected chi connectivity index (χ1v) is 11.6. The molecular weight excluding hydrogens is 444 g/mol. The van der Waals surface area contributed by atoms with Gasteiger partial charge in [-0.15, -0.1) is 0 Å². The fourth-order valence-electron chi connectivity index (χ4n) is 4.30. The molecule has 1 fully saturated rings. The highest BCUT2D eigenvalue weighted by Crippen LogP contribution is 2.41. The summed E-state index contributed by atoms with van der Waals surface area (Å²) in [6, 6.07) is 16.0. The van der Waals surface area contributed by atoms with Gasteiger partial charge in [0, 0.05) is 11.8 Å². The molecule has 0 saturated carbocycles. The number of aromatic hydroxyl groups is 1. The molecule has 180 valence electrons. The molecule has 35 heavy (non-hydrogen) atoms. The number of phenolic OH excluding ortho intramolecular Hbond substituents is 1. The maximum Gasteiger partial charge on any atom is 0.296 e. The van der Waals surface area contributed by atoms with Gasteiger partial charge in [0.15, 0.2) is 0 Å². The smallest absolute Gasteiger partial charge is 0.296 e. The Morgan fingerprint density at radius 3 is 2.46 bits per heavy atom. The van der Waals surface area contributed by atoms with Crippen molar-refractivity contribution in [3.05, 3.63) is 94.8 Å². The third kappa shape index (κ3) is 4.75. The Hall–Kier alpha value is -4.13. The first kappa shape index (κ1) is 24.0. The topological polar surface area (TPSA) is 100.0 Å². The fourth-order valence-corrected chi connectivity index (χ4v) is 4.30. The van der Waals surface area contributed by atoms with Gasteiger partial charge in [-0.2, -0.15) is 0 Å². The molecular formula is C28H28N2O5. The van der Waals surface area contributed by atoms with Crippen LogP contribution in [0.15, 0.2) is 72.4 Å². The number of aromatic nitrogens is 1. The summed E-state index contributed by atoms with van der Waals surface area (Å²) in [5.41, 5.74) is 2.52. The highest BCUT2D eigenvalue weighted by Gasteiger charge is 2.46. The Morgan fingerprint density at radius 2 is 1.83 bits per heavy atom. The highest BCUT2D eigenvalue weighted by atomic mass is 16.5. The molecule has 0 radical (unpaired) electrons. The van der Waals surface area contributed by atoms with E-state index in [2.05, 4.69) is 4.98 Å². The first-order valence-electron chi connectivity index (χ1n) is 11.6. The molecule has 1 amide bonds. The van der Waals surface area contributed by atoms with Crippen LogP contribution >= 0.6 is 0 Å². The summed E-state index contributed by atoms with van der Waals surface area (Å²) < 4.78 is 5.72. The van der Waals surface area contributed by atoms with Crippen LogP contribution in [-0.2, 0) is 16.1 Å². The number of hydrogen-bond acceptors (Lipinski definition) is 6. The summed E-state index contributed by atoms with van der Waals surface area (Å²) in [4.78, 5) is 32.1. The van der Waals surface area contributed by atoms with Crippen molar-refractivity contribution in [1.82, 2.24) is 9.88 Å². The van der Waals surface area contributed by atoms with Crippen molar-refractivity contribution in [1.29, 1.82) is 0 Å². The number of pyridine rings is 1. The van der Waals surface area contributed by atoms with Crippen LogP contribution in [0.1, 0.15) is 55.1 Å². The average Bonchev–Trinajstić information content (AvgIpc) is 3.10. The van der Waals surface area contributed by atoms with E-state index < -0.39 is 17.7 Å². The third-order valence-corrected chi connectivity index (χ3v) is 6.01. The van der Waals surface area contributed by atoms with Gasteiger partial charge in [0.1, 0.15) is 17.3 Å². The first-order chi connectivity index (χ1) is 16.8. The van der Waals surface area contributed by atoms with Gasteiger partial charge in [0.25, 0.3) is 11.7 Å². The number of benzene rings is 2. The van der Waals surface area contributed by atoms with Gasteiger partial charge in [-0.1, -0.05) is 32.0 Å². The molecule has 2 heterocycles. The van der Waals surface area contributed by atoms with Crippen LogP contribution in [0, 0.1) is 0 Å². The molecule has 1 saturated heterocycles. The summed E-state index contributed by atoms with van der Waals surface area (Å²) in [6.07, 6.45) is 1.62. The summed E-state index contributed by atoms with van der Waals surface area (Å²) >= 11 is 0. The molecule has 1 aliphatic heterocycles. The number of amides is 1. The lowest BCUT2D eigenvalue weighted by Crippen LogP contribution is -2.29. The largest absolute Gasteiger partial charge is 0.508 e. The van der Waals surface area contributed by atoms with E-state index in [0.29, 0.717) is 29.2 Å². The molecule has 0 aliphatic carbocycles. The number of aliphatic hydroxyl groups excluding tert-OH is 1. The molecule has 1 aromatic heterocycles. The van der Waals surface area contributed by atoms with Crippen molar-refractivity contribution in [3.8, 4) is 11.5 Å². The lowest BCUT2D eigenvalue weighted by molar-refractivity contribution is -0.140. The predicted octanol–water partition coefficient (Wildman–Crippen LogP) is 4.93. The number of nitrogens with zero attached hydrogens (tertiary/aromatic N) is 2. The van der Waals surface area contributed by atoms with E-state index in [1.54, 1.807) is 48.7 Å². The molecule has 7 nitrogen and oxygen atoms in total. The second-order valence-electron chi connectivity index (χ2n) is 8.68. The Labute approximate surface area is 204 Å². The number of Topliss-reactive ketones (excluding diaryl/α,β-unsaturated/α-hetero) is 1. The second kappa shape index (κ2) is 10.0. The Morgan fingerprint density at radius 1 is 1.09 bits per heavy atom. The van der Waals surface area contributed by atoms with Crippen molar-refractivity contribution in [2.45, 2.75) is 39.3 Å². The SMILES string of the molecule is CCOc1ccc(/C(O)=C2/C(=O)C(=O)N(Cc3ccccn3)C2c2ccc(O)cc2)cc1C(C)C. The molecule has 4 rings (SSSR count). The van der Waals surface area contributed by atoms with E-state index in [-0.39, 0.29) is 29.5 Å². The van der Waals surface area contributed by atoms with Gasteiger partial charge < -0.3 is 19.8 Å². The zero-order valence-corrected chi connectivity index (χ0v) is 19.9. The minimum absolute atomic E-state index is 0.00418. The summed E-state index contributed by atoms with van der Waals surface area (Å²) in [7, 11) is 0. The number of ketones is 1. The van der Waals surface area contributed by atoms with E-state index in [1.807, 2.05) is 26.8 Å². The van der Waals surface area contributed by atoms with Crippen LogP contribution in [0.3, 0.4) is 0 Å². The molecule has 1 atom stereocenters. The number of hydrogen-bond donors (Lipinski definition) is 2. The van der Waals surface area contributed by atoms with E-state index in [1.165, 1.54) is 17.0 Å². The fraction of sp³-hybridized carbons (Fsp3) is 0.250. The van der Waals surface area contributed by atoms with Gasteiger partial charge >= 0.3 is 0 Å². The van der Waals surface area contributed by atoms with Crippen molar-refractivity contribution < 1.29 is 24.5 Å². The third-order valence-electron chi connectivity index (χ3n) is 6.01. The molecule has 0 bridgehead atoms. The van der Waals surface area contributed by atoms with Gasteiger partial charge in [-0.3, -0.25) is 14.6 Å². The minimum atomic E-state index is -0.841. The van der Waals surface area contributed by atoms with Crippen LogP contribution in [0.4, 0.5) is 0 Å². The monoisotopic (exact) mass is 472 g/mol. The second-order valence-corrected chi connectivity index (χ2v) is 8.68. The zero-order chi connectivity index (χ0) is 25.1. The standard InChI is InChI=1S/C28H28N2O5/c1-4-35-23-13-10-19(15-22(23)17(2)3)26(32)24-25(18-8-11-21(31)12-9-18)30(28(34)27(24)33)16-20-7-5-6-14-29-20/h5-15,17,25,31-32H,4,16H2,1-3H3/b26-24-. The molecule has 2 aromatic carbocycles. The quantitative estimate of drug-likeness (QED) is 0.287. The van der Waals surface area contributed by atoms with E-state index in [0.717, 1.165) is 5.56 Å². The zero-order valence-electron chi connectivity index (χ0n) is 19.9. The number of aliphatic hydroxyl groups is 1. The van der Waals surface area contributed by atoms with Crippen LogP contribution < -0.4 is 4.74 Å². The minimum Gasteiger partial charge on any atom is -0.508 e. The summed E-state index contributed by atoms with van der Waals surface area (Å²) in [5, 5.41) is 21.2. The average molecular weight is 473 g/mol. The molecule has 7 heteroatoms. The van der Waals surface area contributed by atoms with Crippen LogP contribution in [-0.4, -0.2) is 38.4 Å². The number of phenols is 1. The number of ether oxygens (including phenoxy) is 1. The van der Waals surface area contributed by atoms with E-state index in [4.69, 9.17) is 4.74 Å². The summed E-state index contributed by atoms with van der Waals surface area (Å²) in [5.74, 6) is -0.853. The van der Waals surface area contributed by atoms with Gasteiger partial charge in [-0.25, -0.2) is 0 Å². The maximum absolute atomic E-state index is 13.3. The Kier molecular flexibility index (Phi) is 6.87. The number of carbonyl (C=O) groups is 2. The van der Waals surface area contributed by atoms with Crippen molar-refractivity contribution in [2.24, 2.45) is 0 Å². The maximum atomic E-state index is 13.3. The lowest BCUT2D eigenvalue weighted by Gasteiger charge is -2.25. The normalized spacial score (nSPS) is 17.3. The highest BCUT2D eigenvalue weighted by molar-refractivity contribution is 6.46.